The lowest BCUT2D eigenvalue weighted by Gasteiger charge is -2.19. The highest BCUT2D eigenvalue weighted by Crippen LogP contribution is 2.43. The smallest absolute Gasteiger partial charge is 0.132 e. The Balaban J connectivity index is 2.23. The summed E-state index contributed by atoms with van der Waals surface area (Å²) < 4.78 is 5.78. The molecule has 0 fully saturated rings. The third-order valence-electron chi connectivity index (χ3n) is 3.58. The molecule has 0 amide bonds. The lowest BCUT2D eigenvalue weighted by Crippen LogP contribution is -2.11. The van der Waals surface area contributed by atoms with Crippen molar-refractivity contribution in [1.82, 2.24) is 5.32 Å². The van der Waals surface area contributed by atoms with Crippen LogP contribution in [0.5, 0.6) is 5.75 Å². The number of para-hydroxylation sites is 1. The van der Waals surface area contributed by atoms with Gasteiger partial charge in [-0.05, 0) is 67.4 Å². The predicted molar refractivity (Wildman–Crippen MR) is 98.4 cm³/mol. The molecule has 1 N–H and O–H groups in total. The molecule has 0 aliphatic carbocycles. The van der Waals surface area contributed by atoms with Crippen LogP contribution < -0.4 is 10.1 Å². The third-order valence-corrected chi connectivity index (χ3v) is 5.75. The van der Waals surface area contributed by atoms with E-state index in [9.17, 15) is 0 Å². The molecule has 0 bridgehead atoms. The van der Waals surface area contributed by atoms with Gasteiger partial charge in [-0.1, -0.05) is 19.1 Å². The van der Waals surface area contributed by atoms with Gasteiger partial charge >= 0.3 is 0 Å². The van der Waals surface area contributed by atoms with Crippen molar-refractivity contribution in [2.24, 2.45) is 0 Å². The first-order valence-electron chi connectivity index (χ1n) is 7.88. The van der Waals surface area contributed by atoms with Gasteiger partial charge in [0.05, 0.1) is 6.61 Å². The Morgan fingerprint density at radius 1 is 1.23 bits per heavy atom. The summed E-state index contributed by atoms with van der Waals surface area (Å²) >= 11 is 3.74. The highest BCUT2D eigenvalue weighted by molar-refractivity contribution is 7.99. The van der Waals surface area contributed by atoms with E-state index in [1.165, 1.54) is 16.0 Å². The minimum atomic E-state index is 0.468. The lowest BCUT2D eigenvalue weighted by molar-refractivity contribution is 0.332. The first-order valence-corrected chi connectivity index (χ1v) is 9.70. The van der Waals surface area contributed by atoms with Crippen molar-refractivity contribution in [2.75, 3.05) is 20.2 Å². The molecule has 1 aromatic heterocycles. The predicted octanol–water partition coefficient (Wildman–Crippen LogP) is 5.15. The van der Waals surface area contributed by atoms with E-state index in [1.54, 1.807) is 0 Å². The van der Waals surface area contributed by atoms with Crippen LogP contribution in [-0.4, -0.2) is 20.2 Å². The van der Waals surface area contributed by atoms with Crippen molar-refractivity contribution < 1.29 is 4.74 Å². The molecule has 0 saturated heterocycles. The topological polar surface area (TPSA) is 21.3 Å². The summed E-state index contributed by atoms with van der Waals surface area (Å²) in [7, 11) is 2.02. The van der Waals surface area contributed by atoms with E-state index in [1.807, 2.05) is 43.1 Å². The summed E-state index contributed by atoms with van der Waals surface area (Å²) in [6, 6.07) is 8.36. The van der Waals surface area contributed by atoms with Crippen molar-refractivity contribution in [3.05, 3.63) is 46.2 Å². The van der Waals surface area contributed by atoms with Crippen molar-refractivity contribution in [3.63, 3.8) is 0 Å². The molecule has 1 heterocycles. The molecule has 120 valence electrons. The molecule has 2 aromatic rings. The second-order valence-corrected chi connectivity index (χ2v) is 7.07. The van der Waals surface area contributed by atoms with Gasteiger partial charge in [0.25, 0.3) is 0 Å². The Labute approximate surface area is 142 Å². The van der Waals surface area contributed by atoms with Gasteiger partial charge in [-0.2, -0.15) is 11.3 Å². The van der Waals surface area contributed by atoms with Crippen molar-refractivity contribution >= 4 is 23.1 Å². The average molecular weight is 336 g/mol. The fraction of sp³-hybridized carbons (Fsp3) is 0.444. The lowest BCUT2D eigenvalue weighted by atomic mass is 10.1. The molecule has 0 spiro atoms. The Hall–Kier alpha value is -0.970. The Morgan fingerprint density at radius 2 is 2.05 bits per heavy atom. The standard InChI is InChI=1S/C18H25NOS2/c1-4-14-12-21-13-15(14)17(10-11-19-3)22-18-9-7-6-8-16(18)20-5-2/h6-9,12-13,17,19H,4-5,10-11H2,1-3H3. The average Bonchev–Trinajstić information content (AvgIpc) is 3.01. The maximum atomic E-state index is 5.78. The summed E-state index contributed by atoms with van der Waals surface area (Å²) in [5, 5.41) is 8.35. The molecule has 2 nitrogen and oxygen atoms in total. The molecule has 22 heavy (non-hydrogen) atoms. The molecule has 2 rings (SSSR count). The van der Waals surface area contributed by atoms with Gasteiger partial charge < -0.3 is 10.1 Å². The van der Waals surface area contributed by atoms with E-state index >= 15 is 0 Å². The molecule has 0 aliphatic rings. The van der Waals surface area contributed by atoms with Crippen LogP contribution >= 0.6 is 23.1 Å². The number of nitrogens with one attached hydrogen (secondary N) is 1. The zero-order chi connectivity index (χ0) is 15.8. The summed E-state index contributed by atoms with van der Waals surface area (Å²) in [6.07, 6.45) is 2.22. The number of benzene rings is 1. The zero-order valence-corrected chi connectivity index (χ0v) is 15.2. The number of thioether (sulfide) groups is 1. The Kier molecular flexibility index (Phi) is 7.30. The van der Waals surface area contributed by atoms with Gasteiger partial charge in [-0.15, -0.1) is 11.8 Å². The Bertz CT molecular complexity index is 568. The second kappa shape index (κ2) is 9.23. The van der Waals surface area contributed by atoms with Gasteiger partial charge in [0.1, 0.15) is 5.75 Å². The van der Waals surface area contributed by atoms with Gasteiger partial charge in [-0.25, -0.2) is 0 Å². The fourth-order valence-corrected chi connectivity index (χ4v) is 4.80. The number of hydrogen-bond acceptors (Lipinski definition) is 4. The maximum absolute atomic E-state index is 5.78. The van der Waals surface area contributed by atoms with Crippen LogP contribution in [0.2, 0.25) is 0 Å². The number of ether oxygens (including phenoxy) is 1. The molecule has 1 unspecified atom stereocenters. The van der Waals surface area contributed by atoms with E-state index in [4.69, 9.17) is 4.74 Å². The highest BCUT2D eigenvalue weighted by atomic mass is 32.2. The fourth-order valence-electron chi connectivity index (χ4n) is 2.43. The largest absolute Gasteiger partial charge is 0.493 e. The van der Waals surface area contributed by atoms with Crippen molar-refractivity contribution in [2.45, 2.75) is 36.8 Å². The number of hydrogen-bond donors (Lipinski definition) is 1. The van der Waals surface area contributed by atoms with Crippen LogP contribution in [0.25, 0.3) is 0 Å². The normalized spacial score (nSPS) is 12.3. The molecule has 0 radical (unpaired) electrons. The van der Waals surface area contributed by atoms with E-state index in [0.717, 1.165) is 25.1 Å². The summed E-state index contributed by atoms with van der Waals surface area (Å²) in [6.45, 7) is 6.00. The first-order chi connectivity index (χ1) is 10.8. The molecular weight excluding hydrogens is 310 g/mol. The Morgan fingerprint density at radius 3 is 2.77 bits per heavy atom. The zero-order valence-electron chi connectivity index (χ0n) is 13.6. The summed E-state index contributed by atoms with van der Waals surface area (Å²) in [5.41, 5.74) is 2.96. The maximum Gasteiger partial charge on any atom is 0.132 e. The minimum absolute atomic E-state index is 0.468. The molecule has 4 heteroatoms. The van der Waals surface area contributed by atoms with Crippen LogP contribution in [0.4, 0.5) is 0 Å². The van der Waals surface area contributed by atoms with E-state index in [-0.39, 0.29) is 0 Å². The van der Waals surface area contributed by atoms with E-state index in [2.05, 4.69) is 41.2 Å². The van der Waals surface area contributed by atoms with Gasteiger partial charge in [0.2, 0.25) is 0 Å². The quantitative estimate of drug-likeness (QED) is 0.640. The van der Waals surface area contributed by atoms with Gasteiger partial charge in [0, 0.05) is 10.1 Å². The number of rotatable bonds is 9. The van der Waals surface area contributed by atoms with Crippen LogP contribution in [0.15, 0.2) is 39.9 Å². The second-order valence-electron chi connectivity index (χ2n) is 5.08. The van der Waals surface area contributed by atoms with Crippen molar-refractivity contribution in [3.8, 4) is 5.75 Å². The van der Waals surface area contributed by atoms with E-state index in [0.29, 0.717) is 11.9 Å². The first kappa shape index (κ1) is 17.4. The van der Waals surface area contributed by atoms with Crippen LogP contribution in [-0.2, 0) is 6.42 Å². The van der Waals surface area contributed by atoms with Gasteiger partial charge in [-0.3, -0.25) is 0 Å². The van der Waals surface area contributed by atoms with Crippen molar-refractivity contribution in [1.29, 1.82) is 0 Å². The monoisotopic (exact) mass is 335 g/mol. The molecular formula is C18H25NOS2. The number of thiophene rings is 1. The van der Waals surface area contributed by atoms with E-state index < -0.39 is 0 Å². The SMILES string of the molecule is CCOc1ccccc1SC(CCNC)c1cscc1CC. The van der Waals surface area contributed by atoms with Crippen LogP contribution in [0.1, 0.15) is 36.6 Å². The van der Waals surface area contributed by atoms with Gasteiger partial charge in [0.15, 0.2) is 0 Å². The minimum Gasteiger partial charge on any atom is -0.493 e. The highest BCUT2D eigenvalue weighted by Gasteiger charge is 2.18. The van der Waals surface area contributed by atoms with Crippen LogP contribution in [0, 0.1) is 0 Å². The molecule has 0 aliphatic heterocycles. The van der Waals surface area contributed by atoms with Crippen LogP contribution in [0.3, 0.4) is 0 Å². The summed E-state index contributed by atoms with van der Waals surface area (Å²) in [4.78, 5) is 1.23. The molecule has 1 aromatic carbocycles. The third kappa shape index (κ3) is 4.51. The number of aryl methyl sites for hydroxylation is 1. The molecule has 0 saturated carbocycles. The molecule has 1 atom stereocenters. The summed E-state index contributed by atoms with van der Waals surface area (Å²) in [5.74, 6) is 0.998.